The molecule has 1 heterocycles. The highest BCUT2D eigenvalue weighted by atomic mass is 35.5. The highest BCUT2D eigenvalue weighted by Gasteiger charge is 2.08. The van der Waals surface area contributed by atoms with Crippen LogP contribution in [0.1, 0.15) is 11.4 Å². The Morgan fingerprint density at radius 2 is 2.19 bits per heavy atom. The summed E-state index contributed by atoms with van der Waals surface area (Å²) in [5.41, 5.74) is 3.27. The van der Waals surface area contributed by atoms with Crippen molar-refractivity contribution < 1.29 is 0 Å². The summed E-state index contributed by atoms with van der Waals surface area (Å²) in [6.45, 7) is 2.93. The second-order valence-corrected chi connectivity index (χ2v) is 4.41. The maximum absolute atomic E-state index is 6.25. The Hall–Kier alpha value is -1.06. The molecule has 1 N–H and O–H groups in total. The van der Waals surface area contributed by atoms with Crippen molar-refractivity contribution in [2.75, 3.05) is 13.6 Å². The van der Waals surface area contributed by atoms with Crippen molar-refractivity contribution >= 4 is 22.6 Å². The second kappa shape index (κ2) is 4.44. The number of likely N-dealkylation sites (N-methyl/N-ethyl adjacent to an activating group) is 1. The zero-order valence-corrected chi connectivity index (χ0v) is 10.6. The van der Waals surface area contributed by atoms with E-state index >= 15 is 0 Å². The fraction of sp³-hybridized carbons (Fsp3) is 0.417. The van der Waals surface area contributed by atoms with E-state index in [4.69, 9.17) is 11.6 Å². The van der Waals surface area contributed by atoms with Gasteiger partial charge in [-0.15, -0.1) is 0 Å². The van der Waals surface area contributed by atoms with E-state index in [1.807, 2.05) is 27.1 Å². The first-order chi connectivity index (χ1) is 7.63. The summed E-state index contributed by atoms with van der Waals surface area (Å²) in [5.74, 6) is 1.01. The number of hydrogen-bond donors (Lipinski definition) is 1. The van der Waals surface area contributed by atoms with Crippen molar-refractivity contribution in [2.24, 2.45) is 7.05 Å². The minimum absolute atomic E-state index is 0.825. The van der Waals surface area contributed by atoms with E-state index in [2.05, 4.69) is 20.9 Å². The Labute approximate surface area is 100 Å². The summed E-state index contributed by atoms with van der Waals surface area (Å²) >= 11 is 6.25. The molecule has 1 aromatic carbocycles. The number of imidazole rings is 1. The lowest BCUT2D eigenvalue weighted by atomic mass is 10.1. The summed E-state index contributed by atoms with van der Waals surface area (Å²) in [4.78, 5) is 4.51. The number of rotatable bonds is 3. The third kappa shape index (κ3) is 1.93. The molecule has 2 rings (SSSR count). The van der Waals surface area contributed by atoms with Crippen molar-refractivity contribution in [2.45, 2.75) is 13.3 Å². The molecule has 0 fully saturated rings. The number of nitrogens with one attached hydrogen (secondary N) is 1. The van der Waals surface area contributed by atoms with Gasteiger partial charge in [0.15, 0.2) is 0 Å². The first kappa shape index (κ1) is 11.4. The van der Waals surface area contributed by atoms with Crippen LogP contribution >= 0.6 is 11.6 Å². The van der Waals surface area contributed by atoms with Gasteiger partial charge in [0.25, 0.3) is 0 Å². The molecular formula is C12H16ClN3. The molecule has 0 atom stereocenters. The van der Waals surface area contributed by atoms with Crippen LogP contribution in [0.25, 0.3) is 11.0 Å². The molecule has 86 valence electrons. The molecular weight excluding hydrogens is 222 g/mol. The quantitative estimate of drug-likeness (QED) is 0.888. The van der Waals surface area contributed by atoms with Crippen LogP contribution in [0.5, 0.6) is 0 Å². The highest BCUT2D eigenvalue weighted by molar-refractivity contribution is 6.32. The summed E-state index contributed by atoms with van der Waals surface area (Å²) < 4.78 is 2.06. The van der Waals surface area contributed by atoms with Crippen LogP contribution in [0.15, 0.2) is 12.1 Å². The molecule has 0 unspecified atom stereocenters. The minimum Gasteiger partial charge on any atom is -0.331 e. The Bertz CT molecular complexity index is 516. The van der Waals surface area contributed by atoms with Crippen LogP contribution in [-0.2, 0) is 13.5 Å². The predicted octanol–water partition coefficient (Wildman–Crippen LogP) is 2.30. The van der Waals surface area contributed by atoms with Gasteiger partial charge in [0, 0.05) is 12.1 Å². The van der Waals surface area contributed by atoms with Gasteiger partial charge in [-0.05, 0) is 44.6 Å². The van der Waals surface area contributed by atoms with Gasteiger partial charge in [-0.2, -0.15) is 0 Å². The highest BCUT2D eigenvalue weighted by Crippen LogP contribution is 2.24. The topological polar surface area (TPSA) is 29.9 Å². The lowest BCUT2D eigenvalue weighted by Gasteiger charge is -2.04. The maximum Gasteiger partial charge on any atom is 0.106 e. The van der Waals surface area contributed by atoms with E-state index < -0.39 is 0 Å². The third-order valence-electron chi connectivity index (χ3n) is 2.92. The van der Waals surface area contributed by atoms with Gasteiger partial charge in [0.2, 0.25) is 0 Å². The molecule has 0 amide bonds. The van der Waals surface area contributed by atoms with Gasteiger partial charge in [-0.25, -0.2) is 4.98 Å². The van der Waals surface area contributed by atoms with Crippen LogP contribution in [-0.4, -0.2) is 23.1 Å². The molecule has 0 aliphatic heterocycles. The van der Waals surface area contributed by atoms with Crippen LogP contribution < -0.4 is 5.32 Å². The molecule has 0 saturated heterocycles. The Morgan fingerprint density at radius 1 is 1.44 bits per heavy atom. The number of halogens is 1. The van der Waals surface area contributed by atoms with Crippen LogP contribution in [0.4, 0.5) is 0 Å². The molecule has 0 aliphatic carbocycles. The summed E-state index contributed by atoms with van der Waals surface area (Å²) in [6, 6.07) is 4.09. The molecule has 2 aromatic rings. The summed E-state index contributed by atoms with van der Waals surface area (Å²) in [6.07, 6.45) is 0.931. The maximum atomic E-state index is 6.25. The SMILES string of the molecule is CNCCc1cc2nc(C)n(C)c2cc1Cl. The van der Waals surface area contributed by atoms with Crippen LogP contribution in [0, 0.1) is 6.92 Å². The van der Waals surface area contributed by atoms with E-state index in [-0.39, 0.29) is 0 Å². The van der Waals surface area contributed by atoms with Crippen molar-refractivity contribution in [3.8, 4) is 0 Å². The normalized spacial score (nSPS) is 11.2. The average molecular weight is 238 g/mol. The number of fused-ring (bicyclic) bond motifs is 1. The largest absolute Gasteiger partial charge is 0.331 e. The van der Waals surface area contributed by atoms with Crippen molar-refractivity contribution in [1.82, 2.24) is 14.9 Å². The number of hydrogen-bond acceptors (Lipinski definition) is 2. The Morgan fingerprint density at radius 3 is 2.88 bits per heavy atom. The molecule has 16 heavy (non-hydrogen) atoms. The van der Waals surface area contributed by atoms with E-state index in [9.17, 15) is 0 Å². The Balaban J connectivity index is 2.50. The van der Waals surface area contributed by atoms with Crippen LogP contribution in [0.2, 0.25) is 5.02 Å². The van der Waals surface area contributed by atoms with E-state index in [1.54, 1.807) is 0 Å². The molecule has 0 bridgehead atoms. The van der Waals surface area contributed by atoms with E-state index in [0.29, 0.717) is 0 Å². The molecule has 3 nitrogen and oxygen atoms in total. The van der Waals surface area contributed by atoms with Gasteiger partial charge in [0.05, 0.1) is 11.0 Å². The molecule has 0 radical (unpaired) electrons. The molecule has 0 spiro atoms. The monoisotopic (exact) mass is 237 g/mol. The molecule has 0 saturated carbocycles. The first-order valence-electron chi connectivity index (χ1n) is 5.39. The van der Waals surface area contributed by atoms with Crippen LogP contribution in [0.3, 0.4) is 0 Å². The number of benzene rings is 1. The molecule has 0 aliphatic rings. The number of aryl methyl sites for hydroxylation is 2. The average Bonchev–Trinajstić information content (AvgIpc) is 2.52. The van der Waals surface area contributed by atoms with Gasteiger partial charge < -0.3 is 9.88 Å². The second-order valence-electron chi connectivity index (χ2n) is 4.00. The molecule has 4 heteroatoms. The van der Waals surface area contributed by atoms with E-state index in [1.165, 1.54) is 0 Å². The van der Waals surface area contributed by atoms with Gasteiger partial charge >= 0.3 is 0 Å². The zero-order chi connectivity index (χ0) is 11.7. The van der Waals surface area contributed by atoms with Crippen molar-refractivity contribution in [3.63, 3.8) is 0 Å². The number of aromatic nitrogens is 2. The predicted molar refractivity (Wildman–Crippen MR) is 68.1 cm³/mol. The zero-order valence-electron chi connectivity index (χ0n) is 9.84. The summed E-state index contributed by atoms with van der Waals surface area (Å²) in [7, 11) is 3.95. The van der Waals surface area contributed by atoms with E-state index in [0.717, 1.165) is 40.4 Å². The number of nitrogens with zero attached hydrogens (tertiary/aromatic N) is 2. The Kier molecular flexibility index (Phi) is 3.17. The lowest BCUT2D eigenvalue weighted by molar-refractivity contribution is 0.792. The smallest absolute Gasteiger partial charge is 0.106 e. The minimum atomic E-state index is 0.825. The van der Waals surface area contributed by atoms with Gasteiger partial charge in [-0.3, -0.25) is 0 Å². The van der Waals surface area contributed by atoms with Crippen molar-refractivity contribution in [3.05, 3.63) is 28.5 Å². The first-order valence-corrected chi connectivity index (χ1v) is 5.77. The third-order valence-corrected chi connectivity index (χ3v) is 3.27. The van der Waals surface area contributed by atoms with Gasteiger partial charge in [-0.1, -0.05) is 11.6 Å². The van der Waals surface area contributed by atoms with Crippen molar-refractivity contribution in [1.29, 1.82) is 0 Å². The fourth-order valence-corrected chi connectivity index (χ4v) is 2.08. The van der Waals surface area contributed by atoms with Gasteiger partial charge in [0.1, 0.15) is 5.82 Å². The summed E-state index contributed by atoms with van der Waals surface area (Å²) in [5, 5.41) is 3.95. The standard InChI is InChI=1S/C12H16ClN3/c1-8-15-11-6-9(4-5-14-2)10(13)7-12(11)16(8)3/h6-7,14H,4-5H2,1-3H3. The molecule has 1 aromatic heterocycles. The lowest BCUT2D eigenvalue weighted by Crippen LogP contribution is -2.10. The fourth-order valence-electron chi connectivity index (χ4n) is 1.83.